The summed E-state index contributed by atoms with van der Waals surface area (Å²) in [6.07, 6.45) is 3.24. The maximum absolute atomic E-state index is 13.7. The third-order valence-electron chi connectivity index (χ3n) is 6.11. The Hall–Kier alpha value is -1.98. The summed E-state index contributed by atoms with van der Waals surface area (Å²) >= 11 is 1.74. The molecular formula is C25H33N3OS. The minimum absolute atomic E-state index is 0.124. The van der Waals surface area contributed by atoms with Crippen molar-refractivity contribution in [2.24, 2.45) is 5.92 Å². The van der Waals surface area contributed by atoms with Gasteiger partial charge in [-0.15, -0.1) is 11.3 Å². The highest BCUT2D eigenvalue weighted by molar-refractivity contribution is 7.18. The van der Waals surface area contributed by atoms with Crippen molar-refractivity contribution >= 4 is 21.6 Å². The normalized spacial score (nSPS) is 17.0. The van der Waals surface area contributed by atoms with E-state index in [-0.39, 0.29) is 11.0 Å². The van der Waals surface area contributed by atoms with Gasteiger partial charge in [-0.2, -0.15) is 0 Å². The van der Waals surface area contributed by atoms with Gasteiger partial charge in [0.15, 0.2) is 0 Å². The lowest BCUT2D eigenvalue weighted by molar-refractivity contribution is 0.379. The molecule has 0 saturated carbocycles. The largest absolute Gasteiger partial charge is 0.302 e. The molecule has 2 heterocycles. The van der Waals surface area contributed by atoms with Gasteiger partial charge in [0.2, 0.25) is 0 Å². The van der Waals surface area contributed by atoms with E-state index in [1.807, 2.05) is 18.7 Å². The summed E-state index contributed by atoms with van der Waals surface area (Å²) < 4.78 is 1.90. The van der Waals surface area contributed by atoms with Crippen LogP contribution < -0.4 is 5.56 Å². The van der Waals surface area contributed by atoms with E-state index in [4.69, 9.17) is 4.98 Å². The average molecular weight is 424 g/mol. The van der Waals surface area contributed by atoms with Crippen molar-refractivity contribution in [2.45, 2.75) is 65.5 Å². The highest BCUT2D eigenvalue weighted by Crippen LogP contribution is 2.36. The minimum atomic E-state index is 0.124. The molecule has 1 unspecified atom stereocenters. The van der Waals surface area contributed by atoms with Gasteiger partial charge in [-0.05, 0) is 61.4 Å². The zero-order valence-electron chi connectivity index (χ0n) is 19.1. The summed E-state index contributed by atoms with van der Waals surface area (Å²) in [5, 5.41) is 0.871. The molecule has 0 amide bonds. The van der Waals surface area contributed by atoms with Crippen LogP contribution in [0, 0.1) is 5.92 Å². The molecule has 0 aliphatic heterocycles. The lowest BCUT2D eigenvalue weighted by Gasteiger charge is -2.20. The fourth-order valence-corrected chi connectivity index (χ4v) is 5.72. The molecule has 0 spiro atoms. The van der Waals surface area contributed by atoms with Crippen LogP contribution in [0.5, 0.6) is 0 Å². The molecule has 1 aliphatic carbocycles. The van der Waals surface area contributed by atoms with E-state index in [9.17, 15) is 4.79 Å². The second kappa shape index (κ2) is 7.93. The highest BCUT2D eigenvalue weighted by Gasteiger charge is 2.25. The molecule has 160 valence electrons. The first-order valence-electron chi connectivity index (χ1n) is 10.9. The number of aromatic nitrogens is 2. The molecule has 0 fully saturated rings. The van der Waals surface area contributed by atoms with Crippen LogP contribution in [0.15, 0.2) is 29.1 Å². The van der Waals surface area contributed by atoms with Crippen LogP contribution in [0.25, 0.3) is 10.2 Å². The maximum Gasteiger partial charge on any atom is 0.262 e. The third-order valence-corrected chi connectivity index (χ3v) is 7.26. The number of thiophene rings is 1. The van der Waals surface area contributed by atoms with Gasteiger partial charge in [0.05, 0.1) is 18.5 Å². The Morgan fingerprint density at radius 1 is 1.20 bits per heavy atom. The molecule has 4 nitrogen and oxygen atoms in total. The second-order valence-corrected chi connectivity index (χ2v) is 11.2. The molecule has 0 N–H and O–H groups in total. The van der Waals surface area contributed by atoms with E-state index in [0.717, 1.165) is 40.9 Å². The number of rotatable bonds is 4. The molecule has 30 heavy (non-hydrogen) atoms. The van der Waals surface area contributed by atoms with Crippen molar-refractivity contribution < 1.29 is 0 Å². The monoisotopic (exact) mass is 423 g/mol. The minimum Gasteiger partial charge on any atom is -0.302 e. The molecule has 5 heteroatoms. The zero-order chi connectivity index (χ0) is 21.6. The van der Waals surface area contributed by atoms with Gasteiger partial charge in [-0.3, -0.25) is 9.36 Å². The number of benzene rings is 1. The van der Waals surface area contributed by atoms with Crippen molar-refractivity contribution in [1.29, 1.82) is 0 Å². The Balaban J connectivity index is 1.80. The molecule has 0 bridgehead atoms. The van der Waals surface area contributed by atoms with Crippen LogP contribution >= 0.6 is 11.3 Å². The van der Waals surface area contributed by atoms with Gasteiger partial charge < -0.3 is 4.90 Å². The molecule has 4 rings (SSSR count). The number of hydrogen-bond acceptors (Lipinski definition) is 4. The van der Waals surface area contributed by atoms with Gasteiger partial charge in [0.1, 0.15) is 10.7 Å². The summed E-state index contributed by atoms with van der Waals surface area (Å²) in [5.41, 5.74) is 3.96. The lowest BCUT2D eigenvalue weighted by atomic mass is 9.87. The first-order valence-corrected chi connectivity index (χ1v) is 11.7. The van der Waals surface area contributed by atoms with Crippen LogP contribution in [0.1, 0.15) is 61.5 Å². The summed E-state index contributed by atoms with van der Waals surface area (Å²) in [4.78, 5) is 23.1. The Kier molecular flexibility index (Phi) is 5.62. The van der Waals surface area contributed by atoms with Gasteiger partial charge in [-0.1, -0.05) is 52.0 Å². The number of nitrogens with zero attached hydrogens (tertiary/aromatic N) is 3. The van der Waals surface area contributed by atoms with E-state index < -0.39 is 0 Å². The summed E-state index contributed by atoms with van der Waals surface area (Å²) in [5.74, 6) is 1.54. The van der Waals surface area contributed by atoms with Crippen LogP contribution in [0.3, 0.4) is 0 Å². The van der Waals surface area contributed by atoms with Crippen molar-refractivity contribution in [2.75, 3.05) is 14.1 Å². The quantitative estimate of drug-likeness (QED) is 0.593. The maximum atomic E-state index is 13.7. The molecule has 2 aromatic heterocycles. The molecule has 0 saturated heterocycles. The summed E-state index contributed by atoms with van der Waals surface area (Å²) in [7, 11) is 4.06. The Labute approximate surface area is 183 Å². The van der Waals surface area contributed by atoms with Gasteiger partial charge in [0, 0.05) is 4.88 Å². The second-order valence-electron chi connectivity index (χ2n) is 10.1. The highest BCUT2D eigenvalue weighted by atomic mass is 32.1. The third kappa shape index (κ3) is 4.10. The summed E-state index contributed by atoms with van der Waals surface area (Å²) in [6.45, 7) is 10.2. The van der Waals surface area contributed by atoms with E-state index >= 15 is 0 Å². The van der Waals surface area contributed by atoms with E-state index in [1.54, 1.807) is 11.3 Å². The predicted octanol–water partition coefficient (Wildman–Crippen LogP) is 4.99. The summed E-state index contributed by atoms with van der Waals surface area (Å²) in [6, 6.07) is 8.68. The van der Waals surface area contributed by atoms with Gasteiger partial charge in [0.25, 0.3) is 5.56 Å². The fraction of sp³-hybridized carbons (Fsp3) is 0.520. The van der Waals surface area contributed by atoms with Crippen molar-refractivity contribution in [1.82, 2.24) is 14.5 Å². The van der Waals surface area contributed by atoms with Gasteiger partial charge >= 0.3 is 0 Å². The van der Waals surface area contributed by atoms with E-state index in [2.05, 4.69) is 56.9 Å². The van der Waals surface area contributed by atoms with Crippen LogP contribution in [-0.2, 0) is 31.3 Å². The Morgan fingerprint density at radius 3 is 2.53 bits per heavy atom. The molecular weight excluding hydrogens is 390 g/mol. The average Bonchev–Trinajstić information content (AvgIpc) is 3.01. The molecule has 3 aromatic rings. The smallest absolute Gasteiger partial charge is 0.262 e. The van der Waals surface area contributed by atoms with Crippen molar-refractivity contribution in [3.8, 4) is 0 Å². The Morgan fingerprint density at radius 2 is 1.90 bits per heavy atom. The SMILES string of the molecule is CC1CCc2c(sc3nc(CN(C)C)n(Cc4ccc(C(C)(C)C)cc4)c(=O)c23)C1. The first-order chi connectivity index (χ1) is 14.1. The van der Waals surface area contributed by atoms with Crippen molar-refractivity contribution in [3.63, 3.8) is 0 Å². The fourth-order valence-electron chi connectivity index (χ4n) is 4.32. The molecule has 0 radical (unpaired) electrons. The van der Waals surface area contributed by atoms with E-state index in [1.165, 1.54) is 16.0 Å². The topological polar surface area (TPSA) is 38.1 Å². The molecule has 1 aromatic carbocycles. The molecule has 1 aliphatic rings. The number of fused-ring (bicyclic) bond motifs is 3. The Bertz CT molecular complexity index is 1120. The predicted molar refractivity (Wildman–Crippen MR) is 127 cm³/mol. The van der Waals surface area contributed by atoms with Crippen LogP contribution in [-0.4, -0.2) is 28.5 Å². The first kappa shape index (κ1) is 21.3. The van der Waals surface area contributed by atoms with Crippen LogP contribution in [0.4, 0.5) is 0 Å². The van der Waals surface area contributed by atoms with Gasteiger partial charge in [-0.25, -0.2) is 4.98 Å². The zero-order valence-corrected chi connectivity index (χ0v) is 19.9. The van der Waals surface area contributed by atoms with E-state index in [0.29, 0.717) is 19.0 Å². The number of aryl methyl sites for hydroxylation is 1. The number of hydrogen-bond donors (Lipinski definition) is 0. The van der Waals surface area contributed by atoms with Crippen molar-refractivity contribution in [3.05, 3.63) is 62.0 Å². The standard InChI is InChI=1S/C25H33N3OS/c1-16-7-12-19-20(13-16)30-23-22(19)24(29)28(21(26-23)15-27(5)6)14-17-8-10-18(11-9-17)25(2,3)4/h8-11,16H,7,12-15H2,1-6H3. The lowest BCUT2D eigenvalue weighted by Crippen LogP contribution is -2.29. The molecule has 1 atom stereocenters. The van der Waals surface area contributed by atoms with Crippen LogP contribution in [0.2, 0.25) is 0 Å².